The number of hydrogen-bond donors (Lipinski definition) is 1. The summed E-state index contributed by atoms with van der Waals surface area (Å²) in [6.45, 7) is 1.83. The molecule has 1 saturated heterocycles. The molecule has 1 N–H and O–H groups in total. The maximum Gasteiger partial charge on any atom is 0.416 e. The summed E-state index contributed by atoms with van der Waals surface area (Å²) in [7, 11) is 0. The van der Waals surface area contributed by atoms with Crippen LogP contribution in [0.3, 0.4) is 0 Å². The second kappa shape index (κ2) is 7.50. The van der Waals surface area contributed by atoms with Gasteiger partial charge in [0.05, 0.1) is 5.56 Å². The van der Waals surface area contributed by atoms with Crippen molar-refractivity contribution in [1.82, 2.24) is 10.2 Å². The molecule has 1 aliphatic rings. The summed E-state index contributed by atoms with van der Waals surface area (Å²) in [5, 5.41) is 2.55. The number of benzene rings is 1. The minimum absolute atomic E-state index is 0.108. The SMILES string of the molecule is CC(=CC(=O)NCCN1C(=O)CCC1=O)c1ccc(C(F)(F)F)cc1. The molecule has 0 aromatic heterocycles. The molecule has 134 valence electrons. The first kappa shape index (κ1) is 18.7. The van der Waals surface area contributed by atoms with Gasteiger partial charge in [-0.05, 0) is 30.2 Å². The molecule has 2 rings (SSSR count). The fourth-order valence-electron chi connectivity index (χ4n) is 2.42. The molecule has 25 heavy (non-hydrogen) atoms. The van der Waals surface area contributed by atoms with Crippen LogP contribution in [-0.4, -0.2) is 35.7 Å². The van der Waals surface area contributed by atoms with E-state index >= 15 is 0 Å². The number of halogens is 3. The van der Waals surface area contributed by atoms with E-state index in [4.69, 9.17) is 0 Å². The van der Waals surface area contributed by atoms with E-state index < -0.39 is 17.6 Å². The second-order valence-electron chi connectivity index (χ2n) is 5.63. The van der Waals surface area contributed by atoms with Crippen LogP contribution in [0.1, 0.15) is 30.9 Å². The van der Waals surface area contributed by atoms with Gasteiger partial charge < -0.3 is 5.32 Å². The van der Waals surface area contributed by atoms with Crippen molar-refractivity contribution in [2.75, 3.05) is 13.1 Å². The Bertz CT molecular complexity index is 693. The molecule has 0 atom stereocenters. The number of amides is 3. The molecule has 0 bridgehead atoms. The van der Waals surface area contributed by atoms with E-state index in [1.807, 2.05) is 0 Å². The van der Waals surface area contributed by atoms with Crippen molar-refractivity contribution >= 4 is 23.3 Å². The van der Waals surface area contributed by atoms with E-state index in [2.05, 4.69) is 5.32 Å². The topological polar surface area (TPSA) is 66.5 Å². The molecule has 1 fully saturated rings. The Kier molecular flexibility index (Phi) is 5.61. The van der Waals surface area contributed by atoms with Crippen LogP contribution in [0.2, 0.25) is 0 Å². The van der Waals surface area contributed by atoms with Crippen LogP contribution in [0.15, 0.2) is 30.3 Å². The third-order valence-electron chi connectivity index (χ3n) is 3.80. The third kappa shape index (κ3) is 4.91. The van der Waals surface area contributed by atoms with Crippen molar-refractivity contribution < 1.29 is 27.6 Å². The normalized spacial score (nSPS) is 15.7. The van der Waals surface area contributed by atoms with E-state index in [1.54, 1.807) is 6.92 Å². The van der Waals surface area contributed by atoms with Gasteiger partial charge in [-0.3, -0.25) is 19.3 Å². The summed E-state index contributed by atoms with van der Waals surface area (Å²) < 4.78 is 37.6. The number of rotatable bonds is 5. The number of imide groups is 1. The molecule has 5 nitrogen and oxygen atoms in total. The average molecular weight is 354 g/mol. The monoisotopic (exact) mass is 354 g/mol. The summed E-state index contributed by atoms with van der Waals surface area (Å²) in [4.78, 5) is 35.8. The summed E-state index contributed by atoms with van der Waals surface area (Å²) in [6.07, 6.45) is -2.76. The van der Waals surface area contributed by atoms with Crippen LogP contribution in [0.4, 0.5) is 13.2 Å². The molecule has 1 aliphatic heterocycles. The van der Waals surface area contributed by atoms with Crippen LogP contribution in [-0.2, 0) is 20.6 Å². The molecule has 0 aliphatic carbocycles. The van der Waals surface area contributed by atoms with Gasteiger partial charge in [-0.15, -0.1) is 0 Å². The van der Waals surface area contributed by atoms with Gasteiger partial charge in [-0.1, -0.05) is 12.1 Å². The highest BCUT2D eigenvalue weighted by Gasteiger charge is 2.30. The number of carbonyl (C=O) groups is 3. The minimum Gasteiger partial charge on any atom is -0.351 e. The number of alkyl halides is 3. The zero-order chi connectivity index (χ0) is 18.6. The van der Waals surface area contributed by atoms with Crippen LogP contribution >= 0.6 is 0 Å². The number of nitrogens with one attached hydrogen (secondary N) is 1. The molecular weight excluding hydrogens is 337 g/mol. The summed E-state index contributed by atoms with van der Waals surface area (Å²) in [5.41, 5.74) is 0.237. The fourth-order valence-corrected chi connectivity index (χ4v) is 2.42. The smallest absolute Gasteiger partial charge is 0.351 e. The molecule has 1 heterocycles. The molecule has 0 spiro atoms. The predicted molar refractivity (Wildman–Crippen MR) is 84.1 cm³/mol. The van der Waals surface area contributed by atoms with Gasteiger partial charge in [0.15, 0.2) is 0 Å². The number of carbonyl (C=O) groups excluding carboxylic acids is 3. The summed E-state index contributed by atoms with van der Waals surface area (Å²) in [5.74, 6) is -0.956. The highest BCUT2D eigenvalue weighted by molar-refractivity contribution is 6.02. The quantitative estimate of drug-likeness (QED) is 0.652. The van der Waals surface area contributed by atoms with Gasteiger partial charge in [0, 0.05) is 32.0 Å². The van der Waals surface area contributed by atoms with E-state index in [9.17, 15) is 27.6 Å². The van der Waals surface area contributed by atoms with E-state index in [0.29, 0.717) is 11.1 Å². The lowest BCUT2D eigenvalue weighted by molar-refractivity contribution is -0.139. The van der Waals surface area contributed by atoms with Crippen LogP contribution in [0.25, 0.3) is 5.57 Å². The average Bonchev–Trinajstić information content (AvgIpc) is 2.86. The van der Waals surface area contributed by atoms with Gasteiger partial charge in [0.25, 0.3) is 0 Å². The molecule has 1 aromatic carbocycles. The largest absolute Gasteiger partial charge is 0.416 e. The lowest BCUT2D eigenvalue weighted by atomic mass is 10.0. The number of allylic oxidation sites excluding steroid dienone is 1. The first-order valence-electron chi connectivity index (χ1n) is 7.65. The van der Waals surface area contributed by atoms with Crippen molar-refractivity contribution in [3.05, 3.63) is 41.5 Å². The second-order valence-corrected chi connectivity index (χ2v) is 5.63. The van der Waals surface area contributed by atoms with E-state index in [0.717, 1.165) is 17.0 Å². The highest BCUT2D eigenvalue weighted by Crippen LogP contribution is 2.29. The molecule has 8 heteroatoms. The summed E-state index contributed by atoms with van der Waals surface area (Å²) in [6, 6.07) is 4.50. The number of likely N-dealkylation sites (tertiary alicyclic amines) is 1. The van der Waals surface area contributed by atoms with Crippen molar-refractivity contribution in [3.63, 3.8) is 0 Å². The Labute approximate surface area is 142 Å². The Morgan fingerprint density at radius 3 is 2.24 bits per heavy atom. The van der Waals surface area contributed by atoms with Crippen molar-refractivity contribution in [1.29, 1.82) is 0 Å². The zero-order valence-electron chi connectivity index (χ0n) is 13.5. The van der Waals surface area contributed by atoms with Crippen LogP contribution < -0.4 is 5.32 Å². The molecule has 1 aromatic rings. The van der Waals surface area contributed by atoms with Crippen molar-refractivity contribution in [3.8, 4) is 0 Å². The van der Waals surface area contributed by atoms with E-state index in [1.165, 1.54) is 18.2 Å². The Morgan fingerprint density at radius 1 is 1.16 bits per heavy atom. The fraction of sp³-hybridized carbons (Fsp3) is 0.353. The molecule has 3 amide bonds. The highest BCUT2D eigenvalue weighted by atomic mass is 19.4. The third-order valence-corrected chi connectivity index (χ3v) is 3.80. The maximum absolute atomic E-state index is 12.5. The first-order chi connectivity index (χ1) is 11.7. The van der Waals surface area contributed by atoms with Gasteiger partial charge >= 0.3 is 6.18 Å². The maximum atomic E-state index is 12.5. The molecule has 0 saturated carbocycles. The van der Waals surface area contributed by atoms with Gasteiger partial charge in [-0.25, -0.2) is 0 Å². The lowest BCUT2D eigenvalue weighted by Crippen LogP contribution is -2.37. The minimum atomic E-state index is -4.40. The molecule has 0 unspecified atom stereocenters. The number of nitrogens with zero attached hydrogens (tertiary/aromatic N) is 1. The standard InChI is InChI=1S/C17H17F3N2O3/c1-11(12-2-4-13(5-3-12)17(18,19)20)10-14(23)21-8-9-22-15(24)6-7-16(22)25/h2-5,10H,6-9H2,1H3,(H,21,23). The van der Waals surface area contributed by atoms with E-state index in [-0.39, 0.29) is 37.7 Å². The Balaban J connectivity index is 1.89. The Hall–Kier alpha value is -2.64. The molecular formula is C17H17F3N2O3. The van der Waals surface area contributed by atoms with Gasteiger partial charge in [0.1, 0.15) is 0 Å². The van der Waals surface area contributed by atoms with Crippen LogP contribution in [0.5, 0.6) is 0 Å². The summed E-state index contributed by atoms with van der Waals surface area (Å²) >= 11 is 0. The number of hydrogen-bond acceptors (Lipinski definition) is 3. The Morgan fingerprint density at radius 2 is 1.72 bits per heavy atom. The van der Waals surface area contributed by atoms with Crippen molar-refractivity contribution in [2.45, 2.75) is 25.9 Å². The predicted octanol–water partition coefficient (Wildman–Crippen LogP) is 2.37. The lowest BCUT2D eigenvalue weighted by Gasteiger charge is -2.13. The van der Waals surface area contributed by atoms with Crippen molar-refractivity contribution in [2.24, 2.45) is 0 Å². The molecule has 0 radical (unpaired) electrons. The van der Waals surface area contributed by atoms with Gasteiger partial charge in [-0.2, -0.15) is 13.2 Å². The zero-order valence-corrected chi connectivity index (χ0v) is 13.5. The van der Waals surface area contributed by atoms with Gasteiger partial charge in [0.2, 0.25) is 17.7 Å². The van der Waals surface area contributed by atoms with Crippen LogP contribution in [0, 0.1) is 0 Å². The first-order valence-corrected chi connectivity index (χ1v) is 7.65.